The maximum atomic E-state index is 8.86. The van der Waals surface area contributed by atoms with E-state index in [2.05, 4.69) is 11.4 Å². The Labute approximate surface area is 105 Å². The zero-order chi connectivity index (χ0) is 11.4. The number of nitrogens with one attached hydrogen (secondary N) is 1. The molecule has 1 aromatic carbocycles. The van der Waals surface area contributed by atoms with E-state index in [0.29, 0.717) is 11.8 Å². The van der Waals surface area contributed by atoms with Gasteiger partial charge in [-0.1, -0.05) is 23.7 Å². The van der Waals surface area contributed by atoms with Crippen LogP contribution in [-0.4, -0.2) is 23.5 Å². The molecule has 0 aromatic heterocycles. The van der Waals surface area contributed by atoms with Gasteiger partial charge in [0.15, 0.2) is 0 Å². The van der Waals surface area contributed by atoms with Gasteiger partial charge in [-0.2, -0.15) is 0 Å². The molecule has 1 aliphatic rings. The molecular weight excluding hydrogens is 242 g/mol. The smallest absolute Gasteiger partial charge is 0.0545 e. The average Bonchev–Trinajstić information content (AvgIpc) is 3.09. The highest BCUT2D eigenvalue weighted by molar-refractivity contribution is 7.99. The first-order valence-corrected chi connectivity index (χ1v) is 6.92. The molecule has 1 aliphatic carbocycles. The Balaban J connectivity index is 2.04. The monoisotopic (exact) mass is 257 g/mol. The zero-order valence-electron chi connectivity index (χ0n) is 9.08. The molecule has 0 heterocycles. The number of aliphatic hydroxyl groups excluding tert-OH is 1. The Morgan fingerprint density at radius 1 is 1.44 bits per heavy atom. The summed E-state index contributed by atoms with van der Waals surface area (Å²) in [7, 11) is 0. The normalized spacial score (nSPS) is 15.4. The first-order valence-electron chi connectivity index (χ1n) is 5.55. The Kier molecular flexibility index (Phi) is 4.53. The summed E-state index contributed by atoms with van der Waals surface area (Å²) in [6.45, 7) is 1.06. The summed E-state index contributed by atoms with van der Waals surface area (Å²) >= 11 is 7.79. The number of hydrogen-bond acceptors (Lipinski definition) is 3. The second kappa shape index (κ2) is 5.92. The third kappa shape index (κ3) is 3.39. The minimum Gasteiger partial charge on any atom is -0.396 e. The van der Waals surface area contributed by atoms with Gasteiger partial charge in [0.2, 0.25) is 0 Å². The summed E-state index contributed by atoms with van der Waals surface area (Å²) in [5.74, 6) is 0.695. The first kappa shape index (κ1) is 12.2. The topological polar surface area (TPSA) is 32.3 Å². The molecule has 0 spiro atoms. The molecule has 1 saturated carbocycles. The summed E-state index contributed by atoms with van der Waals surface area (Å²) < 4.78 is 0. The van der Waals surface area contributed by atoms with Crippen LogP contribution in [0.3, 0.4) is 0 Å². The van der Waals surface area contributed by atoms with Crippen LogP contribution in [-0.2, 0) is 6.54 Å². The molecule has 16 heavy (non-hydrogen) atoms. The van der Waals surface area contributed by atoms with Crippen molar-refractivity contribution in [3.63, 3.8) is 0 Å². The molecule has 88 valence electrons. The van der Waals surface area contributed by atoms with E-state index >= 15 is 0 Å². The lowest BCUT2D eigenvalue weighted by molar-refractivity contribution is 0.322. The van der Waals surface area contributed by atoms with Crippen LogP contribution in [0.2, 0.25) is 5.02 Å². The summed E-state index contributed by atoms with van der Waals surface area (Å²) in [5.41, 5.74) is 1.23. The van der Waals surface area contributed by atoms with Crippen LogP contribution < -0.4 is 5.32 Å². The van der Waals surface area contributed by atoms with E-state index in [1.165, 1.54) is 18.4 Å². The molecule has 2 nitrogen and oxygen atoms in total. The summed E-state index contributed by atoms with van der Waals surface area (Å²) in [4.78, 5) is 1.10. The van der Waals surface area contributed by atoms with Crippen LogP contribution in [0, 0.1) is 0 Å². The maximum absolute atomic E-state index is 8.86. The van der Waals surface area contributed by atoms with Gasteiger partial charge in [-0.15, -0.1) is 11.8 Å². The minimum atomic E-state index is 0.186. The van der Waals surface area contributed by atoms with E-state index in [0.717, 1.165) is 16.5 Å². The van der Waals surface area contributed by atoms with Crippen molar-refractivity contribution in [3.8, 4) is 0 Å². The predicted octanol–water partition coefficient (Wildman–Crippen LogP) is 2.68. The van der Waals surface area contributed by atoms with Gasteiger partial charge in [0.05, 0.1) is 11.6 Å². The van der Waals surface area contributed by atoms with Gasteiger partial charge in [0, 0.05) is 23.2 Å². The number of benzene rings is 1. The number of thioether (sulfide) groups is 1. The number of rotatable bonds is 6. The second-order valence-electron chi connectivity index (χ2n) is 3.96. The molecule has 4 heteroatoms. The largest absolute Gasteiger partial charge is 0.396 e. The highest BCUT2D eigenvalue weighted by Gasteiger charge is 2.20. The lowest BCUT2D eigenvalue weighted by Crippen LogP contribution is -2.15. The fourth-order valence-electron chi connectivity index (χ4n) is 1.54. The van der Waals surface area contributed by atoms with Crippen molar-refractivity contribution in [2.24, 2.45) is 0 Å². The Bertz CT molecular complexity index is 355. The highest BCUT2D eigenvalue weighted by Crippen LogP contribution is 2.31. The number of halogens is 1. The molecule has 2 rings (SSSR count). The van der Waals surface area contributed by atoms with Crippen LogP contribution in [0.4, 0.5) is 0 Å². The van der Waals surface area contributed by atoms with E-state index in [1.54, 1.807) is 11.8 Å². The molecule has 0 amide bonds. The van der Waals surface area contributed by atoms with Gasteiger partial charge in [-0.25, -0.2) is 0 Å². The van der Waals surface area contributed by atoms with Gasteiger partial charge >= 0.3 is 0 Å². The number of hydrogen-bond donors (Lipinski definition) is 2. The predicted molar refractivity (Wildman–Crippen MR) is 69.1 cm³/mol. The van der Waals surface area contributed by atoms with Crippen molar-refractivity contribution in [1.29, 1.82) is 0 Å². The molecule has 0 aliphatic heterocycles. The van der Waals surface area contributed by atoms with Gasteiger partial charge in [0.1, 0.15) is 0 Å². The van der Waals surface area contributed by atoms with Crippen molar-refractivity contribution in [2.75, 3.05) is 12.4 Å². The van der Waals surface area contributed by atoms with Crippen molar-refractivity contribution >= 4 is 23.4 Å². The zero-order valence-corrected chi connectivity index (χ0v) is 10.7. The van der Waals surface area contributed by atoms with Crippen molar-refractivity contribution < 1.29 is 5.11 Å². The minimum absolute atomic E-state index is 0.186. The van der Waals surface area contributed by atoms with Crippen molar-refractivity contribution in [1.82, 2.24) is 5.32 Å². The lowest BCUT2D eigenvalue weighted by Gasteiger charge is -2.11. The average molecular weight is 258 g/mol. The molecule has 0 bridgehead atoms. The SMILES string of the molecule is OCCSc1c(Cl)cccc1CNC1CC1. The van der Waals surface area contributed by atoms with Gasteiger partial charge in [0.25, 0.3) is 0 Å². The Hall–Kier alpha value is -0.220. The highest BCUT2D eigenvalue weighted by atomic mass is 35.5. The van der Waals surface area contributed by atoms with E-state index in [4.69, 9.17) is 16.7 Å². The second-order valence-corrected chi connectivity index (χ2v) is 5.47. The van der Waals surface area contributed by atoms with E-state index in [-0.39, 0.29) is 6.61 Å². The van der Waals surface area contributed by atoms with Crippen molar-refractivity contribution in [3.05, 3.63) is 28.8 Å². The number of aliphatic hydroxyl groups is 1. The molecule has 1 fully saturated rings. The van der Waals surface area contributed by atoms with E-state index in [1.807, 2.05) is 12.1 Å². The van der Waals surface area contributed by atoms with Crippen LogP contribution in [0.5, 0.6) is 0 Å². The molecule has 1 aromatic rings. The molecule has 0 radical (unpaired) electrons. The van der Waals surface area contributed by atoms with Crippen molar-refractivity contribution in [2.45, 2.75) is 30.3 Å². The molecule has 0 unspecified atom stereocenters. The van der Waals surface area contributed by atoms with E-state index < -0.39 is 0 Å². The molecular formula is C12H16ClNOS. The van der Waals surface area contributed by atoms with Gasteiger partial charge in [-0.05, 0) is 24.5 Å². The fraction of sp³-hybridized carbons (Fsp3) is 0.500. The lowest BCUT2D eigenvalue weighted by atomic mass is 10.2. The molecule has 0 saturated heterocycles. The third-order valence-corrected chi connectivity index (χ3v) is 4.13. The van der Waals surface area contributed by atoms with E-state index in [9.17, 15) is 0 Å². The maximum Gasteiger partial charge on any atom is 0.0545 e. The standard InChI is InChI=1S/C12H16ClNOS/c13-11-3-1-2-9(8-14-10-4-5-10)12(11)16-7-6-15/h1-3,10,14-15H,4-8H2. The first-order chi connectivity index (χ1) is 7.81. The summed E-state index contributed by atoms with van der Waals surface area (Å²) in [5, 5.41) is 13.1. The van der Waals surface area contributed by atoms with Crippen LogP contribution in [0.15, 0.2) is 23.1 Å². The third-order valence-electron chi connectivity index (χ3n) is 2.54. The Morgan fingerprint density at radius 3 is 2.94 bits per heavy atom. The Morgan fingerprint density at radius 2 is 2.25 bits per heavy atom. The molecule has 2 N–H and O–H groups in total. The molecule has 0 atom stereocenters. The van der Waals surface area contributed by atoms with Crippen LogP contribution in [0.25, 0.3) is 0 Å². The van der Waals surface area contributed by atoms with Crippen LogP contribution >= 0.6 is 23.4 Å². The van der Waals surface area contributed by atoms with Gasteiger partial charge < -0.3 is 10.4 Å². The fourth-order valence-corrected chi connectivity index (χ4v) is 2.73. The summed E-state index contributed by atoms with van der Waals surface area (Å²) in [6, 6.07) is 6.69. The van der Waals surface area contributed by atoms with Crippen LogP contribution in [0.1, 0.15) is 18.4 Å². The quantitative estimate of drug-likeness (QED) is 0.769. The summed E-state index contributed by atoms with van der Waals surface area (Å²) in [6.07, 6.45) is 2.58. The van der Waals surface area contributed by atoms with Gasteiger partial charge in [-0.3, -0.25) is 0 Å².